The van der Waals surface area contributed by atoms with Crippen LogP contribution in [0.25, 0.3) is 0 Å². The van der Waals surface area contributed by atoms with Crippen LogP contribution in [-0.4, -0.2) is 46.7 Å². The van der Waals surface area contributed by atoms with Gasteiger partial charge in [0.25, 0.3) is 0 Å². The predicted octanol–water partition coefficient (Wildman–Crippen LogP) is 1.72. The number of sulfonamides is 1. The maximum atomic E-state index is 12.8. The third-order valence-corrected chi connectivity index (χ3v) is 6.03. The van der Waals surface area contributed by atoms with Crippen molar-refractivity contribution in [1.82, 2.24) is 14.1 Å². The minimum atomic E-state index is -3.73. The third kappa shape index (κ3) is 3.48. The van der Waals surface area contributed by atoms with E-state index >= 15 is 0 Å². The molecule has 0 saturated carbocycles. The van der Waals surface area contributed by atoms with E-state index in [0.29, 0.717) is 25.9 Å². The average Bonchev–Trinajstić information content (AvgIpc) is 2.97. The van der Waals surface area contributed by atoms with Gasteiger partial charge in [0.15, 0.2) is 0 Å². The van der Waals surface area contributed by atoms with Crippen molar-refractivity contribution >= 4 is 16.0 Å². The van der Waals surface area contributed by atoms with Gasteiger partial charge in [-0.3, -0.25) is 9.48 Å². The minimum Gasteiger partial charge on any atom is -0.481 e. The Morgan fingerprint density at radius 3 is 2.91 bits per heavy atom. The molecule has 2 rings (SSSR count). The van der Waals surface area contributed by atoms with E-state index < -0.39 is 21.4 Å². The van der Waals surface area contributed by atoms with E-state index in [0.717, 1.165) is 6.42 Å². The zero-order chi connectivity index (χ0) is 17.1. The lowest BCUT2D eigenvalue weighted by molar-refractivity contribution is -0.151. The lowest BCUT2D eigenvalue weighted by Gasteiger charge is -2.38. The largest absolute Gasteiger partial charge is 0.481 e. The van der Waals surface area contributed by atoms with Crippen molar-refractivity contribution in [2.24, 2.45) is 5.41 Å². The minimum absolute atomic E-state index is 0.0321. The summed E-state index contributed by atoms with van der Waals surface area (Å²) in [5, 5.41) is 13.6. The maximum Gasteiger partial charge on any atom is 0.311 e. The molecule has 0 bridgehead atoms. The normalized spacial score (nSPS) is 22.8. The van der Waals surface area contributed by atoms with Crippen molar-refractivity contribution in [3.8, 4) is 0 Å². The molecule has 1 atom stereocenters. The second-order valence-electron chi connectivity index (χ2n) is 5.96. The molecule has 7 nitrogen and oxygen atoms in total. The number of nitrogens with zero attached hydrogens (tertiary/aromatic N) is 3. The topological polar surface area (TPSA) is 92.5 Å². The van der Waals surface area contributed by atoms with Gasteiger partial charge in [-0.05, 0) is 25.7 Å². The van der Waals surface area contributed by atoms with Gasteiger partial charge in [-0.1, -0.05) is 13.0 Å². The number of rotatable bonds is 7. The zero-order valence-electron chi connectivity index (χ0n) is 13.3. The number of carbonyl (C=O) groups is 1. The first-order valence-electron chi connectivity index (χ1n) is 7.72. The average molecular weight is 341 g/mol. The lowest BCUT2D eigenvalue weighted by atomic mass is 9.78. The summed E-state index contributed by atoms with van der Waals surface area (Å²) in [5.41, 5.74) is -1.09. The van der Waals surface area contributed by atoms with Crippen molar-refractivity contribution in [3.63, 3.8) is 0 Å². The van der Waals surface area contributed by atoms with E-state index in [2.05, 4.69) is 11.7 Å². The second kappa shape index (κ2) is 6.84. The van der Waals surface area contributed by atoms with Crippen LogP contribution in [0, 0.1) is 5.41 Å². The molecule has 0 radical (unpaired) electrons. The summed E-state index contributed by atoms with van der Waals surface area (Å²) in [4.78, 5) is 11.8. The molecule has 1 aromatic heterocycles. The van der Waals surface area contributed by atoms with Crippen LogP contribution in [0.2, 0.25) is 0 Å². The third-order valence-electron chi connectivity index (χ3n) is 4.23. The Morgan fingerprint density at radius 2 is 2.30 bits per heavy atom. The number of aromatic nitrogens is 2. The first-order valence-corrected chi connectivity index (χ1v) is 9.16. The number of carboxylic acids is 1. The van der Waals surface area contributed by atoms with E-state index in [1.54, 1.807) is 10.8 Å². The van der Waals surface area contributed by atoms with E-state index in [-0.39, 0.29) is 17.9 Å². The zero-order valence-corrected chi connectivity index (χ0v) is 14.1. The molecule has 128 valence electrons. The summed E-state index contributed by atoms with van der Waals surface area (Å²) in [7, 11) is -3.73. The molecule has 0 aromatic carbocycles. The standard InChI is InChI=1S/C15H23N3O4S/c1-3-6-15(14(19)20)7-5-9-18(12-15)23(21,22)13-10-16-17(11-13)8-4-2/h3,10-11H,1,4-9,12H2,2H3,(H,19,20). The Hall–Kier alpha value is -1.67. The Balaban J connectivity index is 2.28. The molecule has 0 amide bonds. The molecular formula is C15H23N3O4S. The van der Waals surface area contributed by atoms with Gasteiger partial charge in [0.05, 0.1) is 11.6 Å². The number of hydrogen-bond acceptors (Lipinski definition) is 4. The van der Waals surface area contributed by atoms with Gasteiger partial charge in [0, 0.05) is 25.8 Å². The van der Waals surface area contributed by atoms with Crippen LogP contribution in [0.5, 0.6) is 0 Å². The molecule has 1 aliphatic heterocycles. The van der Waals surface area contributed by atoms with E-state index in [9.17, 15) is 18.3 Å². The maximum absolute atomic E-state index is 12.8. The van der Waals surface area contributed by atoms with Crippen LogP contribution >= 0.6 is 0 Å². The Morgan fingerprint density at radius 1 is 1.57 bits per heavy atom. The van der Waals surface area contributed by atoms with Gasteiger partial charge in [-0.2, -0.15) is 9.40 Å². The summed E-state index contributed by atoms with van der Waals surface area (Å²) in [6.07, 6.45) is 6.45. The second-order valence-corrected chi connectivity index (χ2v) is 7.90. The number of allylic oxidation sites excluding steroid dienone is 1. The summed E-state index contributed by atoms with van der Waals surface area (Å²) in [5.74, 6) is -0.973. The smallest absolute Gasteiger partial charge is 0.311 e. The quantitative estimate of drug-likeness (QED) is 0.762. The summed E-state index contributed by atoms with van der Waals surface area (Å²) in [6.45, 7) is 6.53. The molecule has 2 heterocycles. The van der Waals surface area contributed by atoms with Crippen molar-refractivity contribution in [2.45, 2.75) is 44.0 Å². The molecule has 1 saturated heterocycles. The Labute approximate surface area is 136 Å². The fraction of sp³-hybridized carbons (Fsp3) is 0.600. The van der Waals surface area contributed by atoms with Gasteiger partial charge in [-0.25, -0.2) is 8.42 Å². The van der Waals surface area contributed by atoms with Crippen molar-refractivity contribution in [1.29, 1.82) is 0 Å². The number of carboxylic acid groups (broad SMARTS) is 1. The van der Waals surface area contributed by atoms with Gasteiger partial charge in [0.2, 0.25) is 10.0 Å². The van der Waals surface area contributed by atoms with Crippen LogP contribution in [0.15, 0.2) is 29.9 Å². The summed E-state index contributed by atoms with van der Waals surface area (Å²) in [6, 6.07) is 0. The van der Waals surface area contributed by atoms with Gasteiger partial charge in [0.1, 0.15) is 4.90 Å². The number of aryl methyl sites for hydroxylation is 1. The van der Waals surface area contributed by atoms with Crippen LogP contribution in [0.3, 0.4) is 0 Å². The number of hydrogen-bond donors (Lipinski definition) is 1. The highest BCUT2D eigenvalue weighted by atomic mass is 32.2. The molecule has 23 heavy (non-hydrogen) atoms. The molecular weight excluding hydrogens is 318 g/mol. The molecule has 0 spiro atoms. The van der Waals surface area contributed by atoms with Crippen LogP contribution in [-0.2, 0) is 21.4 Å². The molecule has 1 aromatic rings. The van der Waals surface area contributed by atoms with Gasteiger partial charge >= 0.3 is 5.97 Å². The molecule has 0 aliphatic carbocycles. The number of piperidine rings is 1. The predicted molar refractivity (Wildman–Crippen MR) is 85.4 cm³/mol. The van der Waals surface area contributed by atoms with Crippen molar-refractivity contribution in [3.05, 3.63) is 25.0 Å². The summed E-state index contributed by atoms with van der Waals surface area (Å²) >= 11 is 0. The lowest BCUT2D eigenvalue weighted by Crippen LogP contribution is -2.49. The van der Waals surface area contributed by atoms with Gasteiger partial charge < -0.3 is 5.11 Å². The molecule has 1 fully saturated rings. The molecule has 1 aliphatic rings. The summed E-state index contributed by atoms with van der Waals surface area (Å²) < 4.78 is 28.4. The van der Waals surface area contributed by atoms with Crippen LogP contribution in [0.1, 0.15) is 32.6 Å². The highest BCUT2D eigenvalue weighted by Crippen LogP contribution is 2.36. The number of aliphatic carboxylic acids is 1. The monoisotopic (exact) mass is 341 g/mol. The van der Waals surface area contributed by atoms with Crippen molar-refractivity contribution in [2.75, 3.05) is 13.1 Å². The molecule has 8 heteroatoms. The Kier molecular flexibility index (Phi) is 5.26. The Bertz CT molecular complexity index is 683. The van der Waals surface area contributed by atoms with Gasteiger partial charge in [-0.15, -0.1) is 6.58 Å². The molecule has 1 N–H and O–H groups in total. The first-order chi connectivity index (χ1) is 10.9. The van der Waals surface area contributed by atoms with Crippen molar-refractivity contribution < 1.29 is 18.3 Å². The SMILES string of the molecule is C=CCC1(C(=O)O)CCCN(S(=O)(=O)c2cnn(CCC)c2)C1. The van der Waals surface area contributed by atoms with E-state index in [4.69, 9.17) is 0 Å². The molecule has 1 unspecified atom stereocenters. The van der Waals surface area contributed by atoms with Crippen LogP contribution in [0.4, 0.5) is 0 Å². The first kappa shape index (κ1) is 17.7. The fourth-order valence-electron chi connectivity index (χ4n) is 2.98. The highest BCUT2D eigenvalue weighted by Gasteiger charge is 2.44. The fourth-order valence-corrected chi connectivity index (χ4v) is 4.50. The van der Waals surface area contributed by atoms with Crippen LogP contribution < -0.4 is 0 Å². The van der Waals surface area contributed by atoms with E-state index in [1.165, 1.54) is 16.7 Å². The highest BCUT2D eigenvalue weighted by molar-refractivity contribution is 7.89. The van der Waals surface area contributed by atoms with E-state index in [1.807, 2.05) is 6.92 Å².